The molecule has 0 aliphatic rings. The number of benzene rings is 1. The summed E-state index contributed by atoms with van der Waals surface area (Å²) in [6.45, 7) is 8.80. The fourth-order valence-electron chi connectivity index (χ4n) is 2.25. The normalized spacial score (nSPS) is 10.9. The first-order valence-electron chi connectivity index (χ1n) is 6.59. The highest BCUT2D eigenvalue weighted by molar-refractivity contribution is 5.64. The van der Waals surface area contributed by atoms with E-state index in [0.717, 1.165) is 12.1 Å². The van der Waals surface area contributed by atoms with Crippen LogP contribution in [0.2, 0.25) is 0 Å². The maximum absolute atomic E-state index is 4.62. The van der Waals surface area contributed by atoms with Crippen LogP contribution >= 0.6 is 0 Å². The van der Waals surface area contributed by atoms with E-state index in [9.17, 15) is 0 Å². The number of hydrogen-bond acceptors (Lipinski definition) is 1. The molecule has 1 heterocycles. The lowest BCUT2D eigenvalue weighted by Crippen LogP contribution is -1.99. The van der Waals surface area contributed by atoms with E-state index in [4.69, 9.17) is 0 Å². The zero-order chi connectivity index (χ0) is 13.1. The Morgan fingerprint density at radius 1 is 1.06 bits per heavy atom. The van der Waals surface area contributed by atoms with Gasteiger partial charge in [-0.3, -0.25) is 4.98 Å². The predicted molar refractivity (Wildman–Crippen MR) is 77.7 cm³/mol. The van der Waals surface area contributed by atoms with E-state index < -0.39 is 0 Å². The van der Waals surface area contributed by atoms with E-state index in [-0.39, 0.29) is 0 Å². The van der Waals surface area contributed by atoms with Gasteiger partial charge in [-0.1, -0.05) is 38.1 Å². The molecule has 0 unspecified atom stereocenters. The maximum atomic E-state index is 4.62. The van der Waals surface area contributed by atoms with Crippen molar-refractivity contribution in [3.63, 3.8) is 0 Å². The Balaban J connectivity index is 2.38. The molecule has 0 saturated carbocycles. The van der Waals surface area contributed by atoms with Crippen LogP contribution in [-0.4, -0.2) is 4.98 Å². The van der Waals surface area contributed by atoms with E-state index >= 15 is 0 Å². The molecular weight excluding hydrogens is 218 g/mol. The fourth-order valence-corrected chi connectivity index (χ4v) is 2.25. The minimum Gasteiger partial charge on any atom is -0.256 e. The second-order valence-electron chi connectivity index (χ2n) is 5.41. The minimum absolute atomic E-state index is 0.676. The van der Waals surface area contributed by atoms with Crippen molar-refractivity contribution >= 4 is 0 Å². The lowest BCUT2D eigenvalue weighted by atomic mass is 9.98. The second kappa shape index (κ2) is 5.34. The molecule has 0 saturated heterocycles. The molecule has 1 aromatic carbocycles. The molecule has 0 radical (unpaired) electrons. The van der Waals surface area contributed by atoms with Gasteiger partial charge in [0.25, 0.3) is 0 Å². The molecule has 2 rings (SSSR count). The van der Waals surface area contributed by atoms with Crippen molar-refractivity contribution in [1.29, 1.82) is 0 Å². The number of rotatable bonds is 3. The Bertz CT molecular complexity index is 541. The summed E-state index contributed by atoms with van der Waals surface area (Å²) in [6.07, 6.45) is 3.14. The van der Waals surface area contributed by atoms with Gasteiger partial charge in [0, 0.05) is 11.8 Å². The lowest BCUT2D eigenvalue weighted by Gasteiger charge is -2.11. The standard InChI is InChI=1S/C17H21N/c1-12(2)9-15-11-18-17(10-14(15)4)16-8-6-5-7-13(16)3/h5-8,10-12H,9H2,1-4H3. The summed E-state index contributed by atoms with van der Waals surface area (Å²) in [5.41, 5.74) is 6.30. The Kier molecular flexibility index (Phi) is 3.81. The van der Waals surface area contributed by atoms with Crippen LogP contribution in [0.1, 0.15) is 30.5 Å². The van der Waals surface area contributed by atoms with Crippen molar-refractivity contribution in [1.82, 2.24) is 4.98 Å². The third-order valence-electron chi connectivity index (χ3n) is 3.27. The van der Waals surface area contributed by atoms with E-state index in [1.54, 1.807) is 0 Å². The number of pyridine rings is 1. The van der Waals surface area contributed by atoms with Crippen LogP contribution in [0.15, 0.2) is 36.5 Å². The molecular formula is C17H21N. The zero-order valence-electron chi connectivity index (χ0n) is 11.7. The van der Waals surface area contributed by atoms with Crippen LogP contribution in [0.4, 0.5) is 0 Å². The van der Waals surface area contributed by atoms with E-state index in [1.807, 2.05) is 6.20 Å². The molecule has 1 nitrogen and oxygen atoms in total. The van der Waals surface area contributed by atoms with Crippen molar-refractivity contribution in [2.45, 2.75) is 34.1 Å². The summed E-state index contributed by atoms with van der Waals surface area (Å²) in [7, 11) is 0. The van der Waals surface area contributed by atoms with Crippen LogP contribution in [-0.2, 0) is 6.42 Å². The highest BCUT2D eigenvalue weighted by Crippen LogP contribution is 2.23. The van der Waals surface area contributed by atoms with Gasteiger partial charge < -0.3 is 0 Å². The molecule has 0 fully saturated rings. The van der Waals surface area contributed by atoms with E-state index in [1.165, 1.54) is 22.3 Å². The number of hydrogen-bond donors (Lipinski definition) is 0. The highest BCUT2D eigenvalue weighted by atomic mass is 14.7. The molecule has 0 bridgehead atoms. The van der Waals surface area contributed by atoms with Gasteiger partial charge in [-0.05, 0) is 48.9 Å². The zero-order valence-corrected chi connectivity index (χ0v) is 11.7. The van der Waals surface area contributed by atoms with Gasteiger partial charge in [0.2, 0.25) is 0 Å². The van der Waals surface area contributed by atoms with Gasteiger partial charge in [-0.25, -0.2) is 0 Å². The van der Waals surface area contributed by atoms with Crippen molar-refractivity contribution < 1.29 is 0 Å². The van der Waals surface area contributed by atoms with Gasteiger partial charge in [0.05, 0.1) is 5.69 Å². The van der Waals surface area contributed by atoms with Crippen LogP contribution in [0.25, 0.3) is 11.3 Å². The first kappa shape index (κ1) is 12.8. The number of aryl methyl sites for hydroxylation is 2. The van der Waals surface area contributed by atoms with Gasteiger partial charge >= 0.3 is 0 Å². The molecule has 0 spiro atoms. The number of aromatic nitrogens is 1. The minimum atomic E-state index is 0.676. The van der Waals surface area contributed by atoms with Crippen molar-refractivity contribution in [2.24, 2.45) is 5.92 Å². The average molecular weight is 239 g/mol. The first-order valence-corrected chi connectivity index (χ1v) is 6.59. The maximum Gasteiger partial charge on any atom is 0.0707 e. The van der Waals surface area contributed by atoms with Crippen LogP contribution < -0.4 is 0 Å². The second-order valence-corrected chi connectivity index (χ2v) is 5.41. The highest BCUT2D eigenvalue weighted by Gasteiger charge is 2.06. The Morgan fingerprint density at radius 3 is 2.39 bits per heavy atom. The Hall–Kier alpha value is -1.63. The van der Waals surface area contributed by atoms with Gasteiger partial charge in [-0.2, -0.15) is 0 Å². The molecule has 1 heteroatoms. The van der Waals surface area contributed by atoms with Crippen LogP contribution in [0.3, 0.4) is 0 Å². The molecule has 0 atom stereocenters. The molecule has 0 amide bonds. The largest absolute Gasteiger partial charge is 0.256 e. The molecule has 0 aliphatic carbocycles. The summed E-state index contributed by atoms with van der Waals surface area (Å²) in [4.78, 5) is 4.62. The Labute approximate surface area is 110 Å². The fraction of sp³-hybridized carbons (Fsp3) is 0.353. The van der Waals surface area contributed by atoms with Gasteiger partial charge in [-0.15, -0.1) is 0 Å². The summed E-state index contributed by atoms with van der Waals surface area (Å²) in [5.74, 6) is 0.676. The summed E-state index contributed by atoms with van der Waals surface area (Å²) in [6, 6.07) is 10.6. The topological polar surface area (TPSA) is 12.9 Å². The monoisotopic (exact) mass is 239 g/mol. The SMILES string of the molecule is Cc1cc(-c2ccccc2C)ncc1CC(C)C. The van der Waals surface area contributed by atoms with Crippen LogP contribution in [0.5, 0.6) is 0 Å². The molecule has 94 valence electrons. The van der Waals surface area contributed by atoms with E-state index in [2.05, 4.69) is 63.0 Å². The van der Waals surface area contributed by atoms with Crippen molar-refractivity contribution in [3.8, 4) is 11.3 Å². The smallest absolute Gasteiger partial charge is 0.0707 e. The molecule has 18 heavy (non-hydrogen) atoms. The average Bonchev–Trinajstić information content (AvgIpc) is 2.32. The number of nitrogens with zero attached hydrogens (tertiary/aromatic N) is 1. The molecule has 2 aromatic rings. The van der Waals surface area contributed by atoms with E-state index in [0.29, 0.717) is 5.92 Å². The molecule has 1 aromatic heterocycles. The first-order chi connectivity index (χ1) is 8.58. The third-order valence-corrected chi connectivity index (χ3v) is 3.27. The van der Waals surface area contributed by atoms with Crippen molar-refractivity contribution in [3.05, 3.63) is 53.2 Å². The summed E-state index contributed by atoms with van der Waals surface area (Å²) >= 11 is 0. The summed E-state index contributed by atoms with van der Waals surface area (Å²) in [5, 5.41) is 0. The quantitative estimate of drug-likeness (QED) is 0.765. The lowest BCUT2D eigenvalue weighted by molar-refractivity contribution is 0.643. The van der Waals surface area contributed by atoms with Crippen LogP contribution in [0, 0.1) is 19.8 Å². The third kappa shape index (κ3) is 2.79. The van der Waals surface area contributed by atoms with Crippen molar-refractivity contribution in [2.75, 3.05) is 0 Å². The summed E-state index contributed by atoms with van der Waals surface area (Å²) < 4.78 is 0. The van der Waals surface area contributed by atoms with Gasteiger partial charge in [0.15, 0.2) is 0 Å². The Morgan fingerprint density at radius 2 is 1.78 bits per heavy atom. The molecule has 0 aliphatic heterocycles. The molecule has 0 N–H and O–H groups in total. The predicted octanol–water partition coefficient (Wildman–Crippen LogP) is 4.56. The van der Waals surface area contributed by atoms with Gasteiger partial charge in [0.1, 0.15) is 0 Å².